The van der Waals surface area contributed by atoms with E-state index in [0.29, 0.717) is 5.92 Å². The van der Waals surface area contributed by atoms with Crippen LogP contribution in [0.3, 0.4) is 0 Å². The Balaban J connectivity index is 2.58. The third-order valence-electron chi connectivity index (χ3n) is 2.91. The van der Waals surface area contributed by atoms with E-state index in [0.717, 1.165) is 6.42 Å². The van der Waals surface area contributed by atoms with Crippen molar-refractivity contribution in [3.63, 3.8) is 0 Å². The quantitative estimate of drug-likeness (QED) is 0.626. The SMILES string of the molecule is C=CCCC(CCCC)C1=CC=CC=CN1. The van der Waals surface area contributed by atoms with Gasteiger partial charge < -0.3 is 5.32 Å². The van der Waals surface area contributed by atoms with Crippen LogP contribution in [0.4, 0.5) is 0 Å². The Morgan fingerprint density at radius 2 is 2.19 bits per heavy atom. The summed E-state index contributed by atoms with van der Waals surface area (Å²) in [5.74, 6) is 0.644. The molecule has 1 atom stereocenters. The van der Waals surface area contributed by atoms with Crippen molar-refractivity contribution in [2.24, 2.45) is 5.92 Å². The maximum atomic E-state index is 3.81. The lowest BCUT2D eigenvalue weighted by atomic mass is 9.93. The van der Waals surface area contributed by atoms with Gasteiger partial charge in [0, 0.05) is 11.9 Å². The molecule has 0 amide bonds. The van der Waals surface area contributed by atoms with Gasteiger partial charge in [-0.3, -0.25) is 0 Å². The molecular weight excluding hydrogens is 194 g/mol. The van der Waals surface area contributed by atoms with Crippen molar-refractivity contribution in [1.82, 2.24) is 5.32 Å². The molecule has 0 fully saturated rings. The average molecular weight is 217 g/mol. The zero-order valence-corrected chi connectivity index (χ0v) is 10.3. The van der Waals surface area contributed by atoms with Crippen molar-refractivity contribution < 1.29 is 0 Å². The topological polar surface area (TPSA) is 12.0 Å². The summed E-state index contributed by atoms with van der Waals surface area (Å²) in [4.78, 5) is 0. The van der Waals surface area contributed by atoms with Gasteiger partial charge in [0.1, 0.15) is 0 Å². The maximum absolute atomic E-state index is 3.81. The smallest absolute Gasteiger partial charge is 0.0178 e. The van der Waals surface area contributed by atoms with Crippen LogP contribution < -0.4 is 5.32 Å². The van der Waals surface area contributed by atoms with Gasteiger partial charge in [0.15, 0.2) is 0 Å². The first-order chi connectivity index (χ1) is 7.88. The van der Waals surface area contributed by atoms with Gasteiger partial charge in [-0.1, -0.05) is 38.0 Å². The lowest BCUT2D eigenvalue weighted by Gasteiger charge is -2.19. The summed E-state index contributed by atoms with van der Waals surface area (Å²) in [6, 6.07) is 0. The summed E-state index contributed by atoms with van der Waals surface area (Å²) < 4.78 is 0. The molecule has 0 saturated carbocycles. The van der Waals surface area contributed by atoms with E-state index in [1.807, 2.05) is 18.4 Å². The van der Waals surface area contributed by atoms with Crippen LogP contribution in [0.15, 0.2) is 48.9 Å². The van der Waals surface area contributed by atoms with Crippen molar-refractivity contribution in [3.05, 3.63) is 48.9 Å². The molecule has 0 spiro atoms. The highest BCUT2D eigenvalue weighted by atomic mass is 14.9. The molecule has 1 unspecified atom stereocenters. The monoisotopic (exact) mass is 217 g/mol. The Kier molecular flexibility index (Phi) is 6.39. The third-order valence-corrected chi connectivity index (χ3v) is 2.91. The predicted molar refractivity (Wildman–Crippen MR) is 71.9 cm³/mol. The molecule has 1 N–H and O–H groups in total. The molecule has 16 heavy (non-hydrogen) atoms. The highest BCUT2D eigenvalue weighted by molar-refractivity contribution is 5.22. The molecule has 1 nitrogen and oxygen atoms in total. The number of rotatable bonds is 7. The minimum Gasteiger partial charge on any atom is -0.365 e. The Bertz CT molecular complexity index is 284. The second-order valence-electron chi connectivity index (χ2n) is 4.22. The summed E-state index contributed by atoms with van der Waals surface area (Å²) >= 11 is 0. The van der Waals surface area contributed by atoms with Crippen LogP contribution in [-0.4, -0.2) is 0 Å². The second kappa shape index (κ2) is 7.98. The molecule has 1 aliphatic heterocycles. The molecule has 0 bridgehead atoms. The van der Waals surface area contributed by atoms with Gasteiger partial charge in [0.2, 0.25) is 0 Å². The number of allylic oxidation sites excluding steroid dienone is 6. The van der Waals surface area contributed by atoms with Crippen LogP contribution in [0, 0.1) is 5.92 Å². The molecule has 88 valence electrons. The van der Waals surface area contributed by atoms with E-state index in [4.69, 9.17) is 0 Å². The molecule has 0 radical (unpaired) electrons. The molecular formula is C15H23N. The fourth-order valence-corrected chi connectivity index (χ4v) is 1.95. The maximum Gasteiger partial charge on any atom is 0.0178 e. The third kappa shape index (κ3) is 4.52. The summed E-state index contributed by atoms with van der Waals surface area (Å²) in [5, 5.41) is 3.38. The summed E-state index contributed by atoms with van der Waals surface area (Å²) in [7, 11) is 0. The largest absolute Gasteiger partial charge is 0.365 e. The van der Waals surface area contributed by atoms with Crippen LogP contribution in [0.1, 0.15) is 39.0 Å². The van der Waals surface area contributed by atoms with E-state index in [2.05, 4.69) is 37.0 Å². The molecule has 0 aromatic heterocycles. The fraction of sp³-hybridized carbons (Fsp3) is 0.467. The molecule has 1 heterocycles. The Morgan fingerprint density at radius 1 is 1.31 bits per heavy atom. The van der Waals surface area contributed by atoms with E-state index in [9.17, 15) is 0 Å². The van der Waals surface area contributed by atoms with Gasteiger partial charge >= 0.3 is 0 Å². The first-order valence-corrected chi connectivity index (χ1v) is 6.29. The molecule has 0 aromatic carbocycles. The van der Waals surface area contributed by atoms with Crippen LogP contribution in [0.25, 0.3) is 0 Å². The van der Waals surface area contributed by atoms with Crippen LogP contribution in [0.5, 0.6) is 0 Å². The van der Waals surface area contributed by atoms with Crippen LogP contribution in [-0.2, 0) is 0 Å². The Morgan fingerprint density at radius 3 is 2.94 bits per heavy atom. The van der Waals surface area contributed by atoms with E-state index in [-0.39, 0.29) is 0 Å². The van der Waals surface area contributed by atoms with Gasteiger partial charge in [-0.15, -0.1) is 6.58 Å². The zero-order valence-electron chi connectivity index (χ0n) is 10.3. The molecule has 1 heteroatoms. The van der Waals surface area contributed by atoms with E-state index >= 15 is 0 Å². The normalized spacial score (nSPS) is 16.2. The van der Waals surface area contributed by atoms with Gasteiger partial charge in [-0.25, -0.2) is 0 Å². The highest BCUT2D eigenvalue weighted by Crippen LogP contribution is 2.22. The summed E-state index contributed by atoms with van der Waals surface area (Å²) in [5.41, 5.74) is 1.35. The fourth-order valence-electron chi connectivity index (χ4n) is 1.95. The number of hydrogen-bond donors (Lipinski definition) is 1. The highest BCUT2D eigenvalue weighted by Gasteiger charge is 2.12. The standard InChI is InChI=1S/C15H23N/c1-3-5-10-14(11-6-4-2)15-12-8-7-9-13-16-15/h3,7-9,12-14,16H,1,4-6,10-11H2,2H3. The van der Waals surface area contributed by atoms with Gasteiger partial charge in [-0.05, 0) is 37.3 Å². The lowest BCUT2D eigenvalue weighted by Crippen LogP contribution is -2.15. The zero-order chi connectivity index (χ0) is 11.6. The number of nitrogens with one attached hydrogen (secondary N) is 1. The first-order valence-electron chi connectivity index (χ1n) is 6.29. The summed E-state index contributed by atoms with van der Waals surface area (Å²) in [6.45, 7) is 6.06. The van der Waals surface area contributed by atoms with Crippen molar-refractivity contribution in [2.45, 2.75) is 39.0 Å². The molecule has 1 rings (SSSR count). The molecule has 0 aromatic rings. The second-order valence-corrected chi connectivity index (χ2v) is 4.22. The summed E-state index contributed by atoms with van der Waals surface area (Å²) in [6.07, 6.45) is 18.6. The van der Waals surface area contributed by atoms with Gasteiger partial charge in [0.25, 0.3) is 0 Å². The first kappa shape index (κ1) is 12.8. The minimum absolute atomic E-state index is 0.644. The van der Waals surface area contributed by atoms with E-state index in [1.165, 1.54) is 31.4 Å². The van der Waals surface area contributed by atoms with Crippen molar-refractivity contribution in [2.75, 3.05) is 0 Å². The molecule has 0 saturated heterocycles. The van der Waals surface area contributed by atoms with Crippen LogP contribution in [0.2, 0.25) is 0 Å². The van der Waals surface area contributed by atoms with Crippen molar-refractivity contribution in [1.29, 1.82) is 0 Å². The Labute approximate surface area is 99.6 Å². The molecule has 1 aliphatic rings. The van der Waals surface area contributed by atoms with Crippen LogP contribution >= 0.6 is 0 Å². The van der Waals surface area contributed by atoms with Crippen molar-refractivity contribution in [3.8, 4) is 0 Å². The average Bonchev–Trinajstić information content (AvgIpc) is 2.58. The van der Waals surface area contributed by atoms with E-state index < -0.39 is 0 Å². The molecule has 0 aliphatic carbocycles. The Hall–Kier alpha value is -1.24. The minimum atomic E-state index is 0.644. The predicted octanol–water partition coefficient (Wildman–Crippen LogP) is 4.32. The number of unbranched alkanes of at least 4 members (excludes halogenated alkanes) is 1. The van der Waals surface area contributed by atoms with E-state index in [1.54, 1.807) is 0 Å². The number of hydrogen-bond acceptors (Lipinski definition) is 1. The van der Waals surface area contributed by atoms with Gasteiger partial charge in [0.05, 0.1) is 0 Å². The van der Waals surface area contributed by atoms with Gasteiger partial charge in [-0.2, -0.15) is 0 Å². The lowest BCUT2D eigenvalue weighted by molar-refractivity contribution is 0.482. The van der Waals surface area contributed by atoms with Crippen molar-refractivity contribution >= 4 is 0 Å².